The van der Waals surface area contributed by atoms with Crippen LogP contribution < -0.4 is 0 Å². The van der Waals surface area contributed by atoms with Crippen LogP contribution in [0.5, 0.6) is 0 Å². The predicted molar refractivity (Wildman–Crippen MR) is 57.9 cm³/mol. The summed E-state index contributed by atoms with van der Waals surface area (Å²) in [5, 5.41) is 19.8. The van der Waals surface area contributed by atoms with Gasteiger partial charge in [0.25, 0.3) is 0 Å². The largest absolute Gasteiger partial charge is 0.390 e. The van der Waals surface area contributed by atoms with Gasteiger partial charge in [0.1, 0.15) is 6.10 Å². The van der Waals surface area contributed by atoms with Crippen molar-refractivity contribution in [1.29, 1.82) is 0 Å². The number of aliphatic hydroxyl groups is 2. The lowest BCUT2D eigenvalue weighted by molar-refractivity contribution is -0.116. The van der Waals surface area contributed by atoms with Crippen LogP contribution in [0.4, 0.5) is 0 Å². The minimum absolute atomic E-state index is 0.0616. The Morgan fingerprint density at radius 3 is 3.00 bits per heavy atom. The molecule has 4 nitrogen and oxygen atoms in total. The number of ether oxygens (including phenoxy) is 1. The van der Waals surface area contributed by atoms with E-state index in [4.69, 9.17) is 4.74 Å². The highest BCUT2D eigenvalue weighted by molar-refractivity contribution is 5.98. The van der Waals surface area contributed by atoms with E-state index in [1.54, 1.807) is 0 Å². The van der Waals surface area contributed by atoms with Gasteiger partial charge in [-0.05, 0) is 18.4 Å². The fourth-order valence-electron chi connectivity index (χ4n) is 2.49. The van der Waals surface area contributed by atoms with Gasteiger partial charge in [-0.25, -0.2) is 0 Å². The molecule has 16 heavy (non-hydrogen) atoms. The Labute approximate surface area is 94.9 Å². The molecule has 0 aromatic carbocycles. The van der Waals surface area contributed by atoms with Crippen molar-refractivity contribution in [2.45, 2.75) is 50.9 Å². The normalized spacial score (nSPS) is 31.8. The van der Waals surface area contributed by atoms with E-state index in [0.29, 0.717) is 30.4 Å². The fourth-order valence-corrected chi connectivity index (χ4v) is 2.49. The first-order chi connectivity index (χ1) is 7.65. The van der Waals surface area contributed by atoms with E-state index in [0.717, 1.165) is 6.42 Å². The second-order valence-corrected chi connectivity index (χ2v) is 4.50. The van der Waals surface area contributed by atoms with Gasteiger partial charge in [-0.2, -0.15) is 0 Å². The molecule has 3 atom stereocenters. The Balaban J connectivity index is 2.21. The van der Waals surface area contributed by atoms with E-state index >= 15 is 0 Å². The molecule has 1 aliphatic heterocycles. The van der Waals surface area contributed by atoms with Crippen LogP contribution in [0.25, 0.3) is 0 Å². The van der Waals surface area contributed by atoms with Crippen molar-refractivity contribution in [1.82, 2.24) is 0 Å². The maximum Gasteiger partial charge on any atom is 0.161 e. The summed E-state index contributed by atoms with van der Waals surface area (Å²) in [4.78, 5) is 11.6. The molecule has 0 amide bonds. The average Bonchev–Trinajstić information content (AvgIpc) is 2.69. The van der Waals surface area contributed by atoms with Crippen LogP contribution in [0.2, 0.25) is 0 Å². The molecular weight excluding hydrogens is 208 g/mol. The summed E-state index contributed by atoms with van der Waals surface area (Å²) >= 11 is 0. The summed E-state index contributed by atoms with van der Waals surface area (Å²) in [6.45, 7) is 2.23. The molecule has 2 N–H and O–H groups in total. The first-order valence-corrected chi connectivity index (χ1v) is 5.89. The van der Waals surface area contributed by atoms with Gasteiger partial charge in [0.05, 0.1) is 18.8 Å². The summed E-state index contributed by atoms with van der Waals surface area (Å²) < 4.78 is 5.45. The van der Waals surface area contributed by atoms with Gasteiger partial charge in [-0.15, -0.1) is 0 Å². The minimum Gasteiger partial charge on any atom is -0.390 e. The zero-order valence-corrected chi connectivity index (χ0v) is 9.48. The molecule has 2 aliphatic rings. The van der Waals surface area contributed by atoms with Crippen molar-refractivity contribution in [3.05, 3.63) is 11.1 Å². The molecule has 1 aliphatic carbocycles. The Hall–Kier alpha value is -0.710. The van der Waals surface area contributed by atoms with Crippen LogP contribution in [0.15, 0.2) is 11.1 Å². The molecule has 90 valence electrons. The van der Waals surface area contributed by atoms with Crippen LogP contribution in [0.3, 0.4) is 0 Å². The lowest BCUT2D eigenvalue weighted by Gasteiger charge is -2.25. The van der Waals surface area contributed by atoms with E-state index in [-0.39, 0.29) is 12.4 Å². The lowest BCUT2D eigenvalue weighted by atomic mass is 9.85. The molecule has 0 aromatic rings. The quantitative estimate of drug-likeness (QED) is 0.738. The summed E-state index contributed by atoms with van der Waals surface area (Å²) in [5.41, 5.74) is 1.23. The van der Waals surface area contributed by atoms with Crippen molar-refractivity contribution in [2.75, 3.05) is 6.61 Å². The minimum atomic E-state index is -0.619. The summed E-state index contributed by atoms with van der Waals surface area (Å²) in [7, 11) is 0. The Morgan fingerprint density at radius 1 is 1.56 bits per heavy atom. The molecule has 4 heteroatoms. The first-order valence-electron chi connectivity index (χ1n) is 5.89. The summed E-state index contributed by atoms with van der Waals surface area (Å²) in [6.07, 6.45) is 0.616. The summed E-state index contributed by atoms with van der Waals surface area (Å²) in [6, 6.07) is 0. The monoisotopic (exact) mass is 226 g/mol. The topological polar surface area (TPSA) is 66.8 Å². The standard InChI is InChI=1S/C12H18O4/c1-2-3-10(15)12-11-7(6-16-12)8(13)4-5-9(11)14/h9-10,12,14-15H,2-6H2,1H3/t9-,10+,12+/m0/s1. The van der Waals surface area contributed by atoms with Gasteiger partial charge in [0.15, 0.2) is 5.78 Å². The number of hydrogen-bond donors (Lipinski definition) is 2. The smallest absolute Gasteiger partial charge is 0.161 e. The molecule has 0 fully saturated rings. The number of carbonyl (C=O) groups is 1. The number of ketones is 1. The van der Waals surface area contributed by atoms with Gasteiger partial charge in [-0.1, -0.05) is 13.3 Å². The average molecular weight is 226 g/mol. The second-order valence-electron chi connectivity index (χ2n) is 4.50. The Kier molecular flexibility index (Phi) is 3.42. The number of aliphatic hydroxyl groups excluding tert-OH is 2. The molecular formula is C12H18O4. The third-order valence-electron chi connectivity index (χ3n) is 3.34. The molecule has 0 spiro atoms. The van der Waals surface area contributed by atoms with Gasteiger partial charge >= 0.3 is 0 Å². The highest BCUT2D eigenvalue weighted by atomic mass is 16.5. The summed E-state index contributed by atoms with van der Waals surface area (Å²) in [5.74, 6) is 0.0616. The maximum absolute atomic E-state index is 11.6. The molecule has 0 unspecified atom stereocenters. The van der Waals surface area contributed by atoms with E-state index in [9.17, 15) is 15.0 Å². The van der Waals surface area contributed by atoms with Gasteiger partial charge < -0.3 is 14.9 Å². The van der Waals surface area contributed by atoms with Crippen LogP contribution in [0, 0.1) is 0 Å². The second kappa shape index (κ2) is 4.65. The Morgan fingerprint density at radius 2 is 2.31 bits per heavy atom. The lowest BCUT2D eigenvalue weighted by Crippen LogP contribution is -2.34. The molecule has 0 bridgehead atoms. The molecule has 0 saturated heterocycles. The van der Waals surface area contributed by atoms with E-state index < -0.39 is 18.3 Å². The zero-order valence-electron chi connectivity index (χ0n) is 9.48. The van der Waals surface area contributed by atoms with Crippen molar-refractivity contribution >= 4 is 5.78 Å². The van der Waals surface area contributed by atoms with E-state index in [1.807, 2.05) is 6.92 Å². The van der Waals surface area contributed by atoms with Crippen LogP contribution in [-0.4, -0.2) is 40.9 Å². The van der Waals surface area contributed by atoms with Crippen LogP contribution >= 0.6 is 0 Å². The van der Waals surface area contributed by atoms with Gasteiger partial charge in [0, 0.05) is 12.0 Å². The van der Waals surface area contributed by atoms with Crippen molar-refractivity contribution in [3.63, 3.8) is 0 Å². The van der Waals surface area contributed by atoms with E-state index in [1.165, 1.54) is 0 Å². The molecule has 1 heterocycles. The van der Waals surface area contributed by atoms with Crippen LogP contribution in [-0.2, 0) is 9.53 Å². The third-order valence-corrected chi connectivity index (χ3v) is 3.34. The molecule has 2 rings (SSSR count). The first kappa shape index (κ1) is 11.8. The number of hydrogen-bond acceptors (Lipinski definition) is 4. The van der Waals surface area contributed by atoms with E-state index in [2.05, 4.69) is 0 Å². The highest BCUT2D eigenvalue weighted by Gasteiger charge is 2.40. The highest BCUT2D eigenvalue weighted by Crippen LogP contribution is 2.34. The van der Waals surface area contributed by atoms with Crippen LogP contribution in [0.1, 0.15) is 32.6 Å². The number of Topliss-reactive ketones (excluding diaryl/α,β-unsaturated/α-hetero) is 1. The van der Waals surface area contributed by atoms with Crippen molar-refractivity contribution in [2.24, 2.45) is 0 Å². The predicted octanol–water partition coefficient (Wildman–Crippen LogP) is 0.567. The number of carbonyl (C=O) groups excluding carboxylic acids is 1. The third kappa shape index (κ3) is 1.93. The Bertz CT molecular complexity index is 321. The maximum atomic E-state index is 11.6. The molecule has 0 saturated carbocycles. The SMILES string of the molecule is CCC[C@@H](O)[C@H]1OCC2=C1[C@@H](O)CCC2=O. The van der Waals surface area contributed by atoms with Crippen molar-refractivity contribution < 1.29 is 19.7 Å². The zero-order chi connectivity index (χ0) is 11.7. The van der Waals surface area contributed by atoms with Crippen molar-refractivity contribution in [3.8, 4) is 0 Å². The fraction of sp³-hybridized carbons (Fsp3) is 0.750. The van der Waals surface area contributed by atoms with Gasteiger partial charge in [0.2, 0.25) is 0 Å². The number of rotatable bonds is 3. The van der Waals surface area contributed by atoms with Gasteiger partial charge in [-0.3, -0.25) is 4.79 Å². The molecule has 0 radical (unpaired) electrons. The molecule has 0 aromatic heterocycles.